The van der Waals surface area contributed by atoms with E-state index in [1.54, 1.807) is 20.0 Å². The van der Waals surface area contributed by atoms with Crippen molar-refractivity contribution in [1.82, 2.24) is 20.6 Å². The van der Waals surface area contributed by atoms with Gasteiger partial charge in [-0.25, -0.2) is 14.4 Å². The first-order valence-electron chi connectivity index (χ1n) is 9.91. The number of nitrogens with two attached hydrogens (primary N) is 1. The predicted octanol–water partition coefficient (Wildman–Crippen LogP) is 3.29. The fourth-order valence-electron chi connectivity index (χ4n) is 3.56. The molecule has 0 saturated carbocycles. The molecule has 1 atom stereocenters. The van der Waals surface area contributed by atoms with Crippen LogP contribution in [0.4, 0.5) is 10.2 Å². The van der Waals surface area contributed by atoms with Crippen molar-refractivity contribution in [2.75, 3.05) is 19.3 Å². The number of halogens is 1. The molecule has 0 amide bonds. The summed E-state index contributed by atoms with van der Waals surface area (Å²) < 4.78 is 20.2. The largest absolute Gasteiger partial charge is 0.467 e. The first-order valence-corrected chi connectivity index (χ1v) is 9.91. The number of nitrogen functional groups attached to an aromatic ring is 1. The molecule has 0 fully saturated rings. The number of fused-ring (bicyclic) bond motifs is 3. The molecule has 1 aliphatic heterocycles. The summed E-state index contributed by atoms with van der Waals surface area (Å²) in [5.74, 6) is -0.168. The van der Waals surface area contributed by atoms with Crippen LogP contribution in [0.2, 0.25) is 0 Å². The lowest BCUT2D eigenvalue weighted by atomic mass is 9.94. The van der Waals surface area contributed by atoms with Crippen LogP contribution >= 0.6 is 0 Å². The van der Waals surface area contributed by atoms with Gasteiger partial charge in [0.25, 0.3) is 5.88 Å². The van der Waals surface area contributed by atoms with E-state index in [-0.39, 0.29) is 18.1 Å². The zero-order valence-electron chi connectivity index (χ0n) is 17.7. The van der Waals surface area contributed by atoms with Gasteiger partial charge in [-0.3, -0.25) is 0 Å². The summed E-state index contributed by atoms with van der Waals surface area (Å²) in [4.78, 5) is 8.68. The molecular weight excluding hydrogens is 397 g/mol. The van der Waals surface area contributed by atoms with E-state index >= 15 is 0 Å². The number of benzene rings is 1. The van der Waals surface area contributed by atoms with Gasteiger partial charge in [0.05, 0.1) is 11.9 Å². The van der Waals surface area contributed by atoms with E-state index in [9.17, 15) is 4.39 Å². The summed E-state index contributed by atoms with van der Waals surface area (Å²) in [5, 5.41) is 22.4. The molecule has 1 aliphatic rings. The molecule has 0 aliphatic carbocycles. The molecule has 0 saturated heterocycles. The van der Waals surface area contributed by atoms with Crippen molar-refractivity contribution < 1.29 is 9.13 Å². The third kappa shape index (κ3) is 4.40. The first-order chi connectivity index (χ1) is 14.9. The Hall–Kier alpha value is -3.75. The quantitative estimate of drug-likeness (QED) is 0.469. The molecule has 1 unspecified atom stereocenters. The van der Waals surface area contributed by atoms with Crippen molar-refractivity contribution in [1.29, 1.82) is 10.8 Å². The number of rotatable bonds is 5. The van der Waals surface area contributed by atoms with E-state index in [1.807, 2.05) is 6.92 Å². The third-order valence-electron chi connectivity index (χ3n) is 5.01. The van der Waals surface area contributed by atoms with Gasteiger partial charge in [-0.1, -0.05) is 0 Å². The Morgan fingerprint density at radius 1 is 1.26 bits per heavy atom. The second kappa shape index (κ2) is 9.38. The van der Waals surface area contributed by atoms with Crippen molar-refractivity contribution in [2.45, 2.75) is 26.4 Å². The first kappa shape index (κ1) is 21.9. The normalized spacial score (nSPS) is 21.1. The lowest BCUT2D eigenvalue weighted by Crippen LogP contribution is -2.20. The van der Waals surface area contributed by atoms with Crippen LogP contribution < -0.4 is 21.1 Å². The average molecular weight is 423 g/mol. The van der Waals surface area contributed by atoms with Gasteiger partial charge in [0.1, 0.15) is 17.6 Å². The monoisotopic (exact) mass is 423 g/mol. The molecule has 2 aromatic rings. The predicted molar refractivity (Wildman–Crippen MR) is 121 cm³/mol. The van der Waals surface area contributed by atoms with Gasteiger partial charge in [-0.05, 0) is 43.2 Å². The SMILES string of the molecule is CCN/C1=C(\C=N)C/C(C=N)=C(/NC)c2cnc(N)c(n2)OC(C)c2cc(F)ccc21. The molecule has 9 heteroatoms. The maximum atomic E-state index is 14.2. The molecule has 0 radical (unpaired) electrons. The third-order valence-corrected chi connectivity index (χ3v) is 5.01. The van der Waals surface area contributed by atoms with Crippen LogP contribution in [0, 0.1) is 16.6 Å². The lowest BCUT2D eigenvalue weighted by molar-refractivity contribution is 0.217. The van der Waals surface area contributed by atoms with Crippen LogP contribution in [0.3, 0.4) is 0 Å². The summed E-state index contributed by atoms with van der Waals surface area (Å²) in [6.45, 7) is 4.32. The fraction of sp³-hybridized carbons (Fsp3) is 0.273. The molecule has 2 heterocycles. The van der Waals surface area contributed by atoms with E-state index in [0.29, 0.717) is 45.9 Å². The molecule has 162 valence electrons. The molecule has 3 rings (SSSR count). The Balaban J connectivity index is 2.39. The highest BCUT2D eigenvalue weighted by Crippen LogP contribution is 2.33. The Morgan fingerprint density at radius 3 is 2.61 bits per heavy atom. The van der Waals surface area contributed by atoms with Gasteiger partial charge in [-0.15, -0.1) is 0 Å². The molecule has 1 aromatic carbocycles. The van der Waals surface area contributed by atoms with Gasteiger partial charge in [0, 0.05) is 49.3 Å². The standard InChI is InChI=1S/C22H26FN7O/c1-4-28-19-13(9-24)7-14(10-25)20(27-3)18-11-29-21(26)22(30-18)31-12(2)17-8-15(23)5-6-16(17)19/h5-6,8-12,24-25,27-28H,4,7H2,1-3H3,(H2,26,29)/b19-13-,20-14-,24-9?,25-10?. The van der Waals surface area contributed by atoms with Gasteiger partial charge < -0.3 is 31.9 Å². The minimum Gasteiger partial charge on any atom is -0.467 e. The Labute approximate surface area is 180 Å². The number of nitrogens with zero attached hydrogens (tertiary/aromatic N) is 2. The van der Waals surface area contributed by atoms with E-state index in [2.05, 4.69) is 20.6 Å². The zero-order chi connectivity index (χ0) is 22.5. The second-order valence-electron chi connectivity index (χ2n) is 6.98. The summed E-state index contributed by atoms with van der Waals surface area (Å²) in [6, 6.07) is 4.44. The van der Waals surface area contributed by atoms with E-state index in [4.69, 9.17) is 21.3 Å². The van der Waals surface area contributed by atoms with Crippen LogP contribution in [-0.2, 0) is 0 Å². The summed E-state index contributed by atoms with van der Waals surface area (Å²) in [7, 11) is 1.73. The second-order valence-corrected chi connectivity index (χ2v) is 6.98. The fourth-order valence-corrected chi connectivity index (χ4v) is 3.56. The van der Waals surface area contributed by atoms with E-state index < -0.39 is 11.9 Å². The van der Waals surface area contributed by atoms with Crippen molar-refractivity contribution in [2.24, 2.45) is 0 Å². The summed E-state index contributed by atoms with van der Waals surface area (Å²) >= 11 is 0. The van der Waals surface area contributed by atoms with E-state index in [1.165, 1.54) is 30.8 Å². The Morgan fingerprint density at radius 2 is 1.97 bits per heavy atom. The number of hydrogen-bond acceptors (Lipinski definition) is 8. The highest BCUT2D eigenvalue weighted by molar-refractivity contribution is 5.95. The Kier molecular flexibility index (Phi) is 6.64. The summed E-state index contributed by atoms with van der Waals surface area (Å²) in [6.07, 6.45) is 3.65. The van der Waals surface area contributed by atoms with Crippen molar-refractivity contribution >= 4 is 29.6 Å². The van der Waals surface area contributed by atoms with Gasteiger partial charge in [0.15, 0.2) is 5.82 Å². The van der Waals surface area contributed by atoms with Crippen LogP contribution in [0.1, 0.15) is 43.2 Å². The topological polar surface area (TPSA) is 133 Å². The minimum absolute atomic E-state index is 0.111. The highest BCUT2D eigenvalue weighted by atomic mass is 19.1. The van der Waals surface area contributed by atoms with Gasteiger partial charge in [0.2, 0.25) is 0 Å². The summed E-state index contributed by atoms with van der Waals surface area (Å²) in [5.41, 5.74) is 10.2. The number of hydrogen-bond donors (Lipinski definition) is 5. The number of nitrogens with one attached hydrogen (secondary N) is 4. The molecule has 2 bridgehead atoms. The van der Waals surface area contributed by atoms with Crippen LogP contribution in [0.15, 0.2) is 35.5 Å². The molecule has 8 nitrogen and oxygen atoms in total. The van der Waals surface area contributed by atoms with Crippen molar-refractivity contribution in [3.8, 4) is 5.88 Å². The van der Waals surface area contributed by atoms with Gasteiger partial charge >= 0.3 is 0 Å². The highest BCUT2D eigenvalue weighted by Gasteiger charge is 2.23. The number of anilines is 1. The maximum absolute atomic E-state index is 14.2. The van der Waals surface area contributed by atoms with Crippen LogP contribution in [0.5, 0.6) is 5.88 Å². The molecule has 6 N–H and O–H groups in total. The number of allylic oxidation sites excluding steroid dienone is 2. The van der Waals surface area contributed by atoms with E-state index in [0.717, 1.165) is 0 Å². The van der Waals surface area contributed by atoms with Gasteiger partial charge in [-0.2, -0.15) is 0 Å². The average Bonchev–Trinajstić information content (AvgIpc) is 2.76. The molecule has 1 aromatic heterocycles. The Bertz CT molecular complexity index is 1080. The number of aromatic nitrogens is 2. The van der Waals surface area contributed by atoms with Crippen molar-refractivity contribution in [3.63, 3.8) is 0 Å². The zero-order valence-corrected chi connectivity index (χ0v) is 17.7. The number of ether oxygens (including phenoxy) is 1. The maximum Gasteiger partial charge on any atom is 0.258 e. The van der Waals surface area contributed by atoms with Crippen LogP contribution in [-0.4, -0.2) is 36.0 Å². The van der Waals surface area contributed by atoms with Crippen LogP contribution in [0.25, 0.3) is 11.4 Å². The molecular formula is C22H26FN7O. The lowest BCUT2D eigenvalue weighted by Gasteiger charge is -2.24. The molecule has 0 spiro atoms. The van der Waals surface area contributed by atoms with Crippen molar-refractivity contribution in [3.05, 3.63) is 58.2 Å². The minimum atomic E-state index is -0.596. The smallest absolute Gasteiger partial charge is 0.258 e. The molecule has 31 heavy (non-hydrogen) atoms.